The van der Waals surface area contributed by atoms with Gasteiger partial charge in [0.25, 0.3) is 0 Å². The molecule has 1 amide bonds. The predicted octanol–water partition coefficient (Wildman–Crippen LogP) is 3.27. The van der Waals surface area contributed by atoms with E-state index < -0.39 is 16.1 Å². The monoisotopic (exact) mass is 409 g/mol. The van der Waals surface area contributed by atoms with Crippen molar-refractivity contribution in [3.63, 3.8) is 0 Å². The van der Waals surface area contributed by atoms with Crippen molar-refractivity contribution in [1.29, 1.82) is 0 Å². The van der Waals surface area contributed by atoms with E-state index in [1.807, 2.05) is 25.1 Å². The number of rotatable bonds is 7. The molecule has 0 aliphatic carbocycles. The van der Waals surface area contributed by atoms with Crippen LogP contribution in [0.2, 0.25) is 5.02 Å². The van der Waals surface area contributed by atoms with Gasteiger partial charge in [-0.15, -0.1) is 0 Å². The molecule has 146 valence electrons. The molecular formula is C19H24ClN3O3S. The van der Waals surface area contributed by atoms with E-state index in [2.05, 4.69) is 10.6 Å². The van der Waals surface area contributed by atoms with E-state index in [9.17, 15) is 13.2 Å². The summed E-state index contributed by atoms with van der Waals surface area (Å²) in [6, 6.07) is 13.0. The molecule has 2 rings (SSSR count). The third kappa shape index (κ3) is 5.29. The van der Waals surface area contributed by atoms with E-state index in [0.717, 1.165) is 9.87 Å². The maximum absolute atomic E-state index is 12.5. The molecule has 0 aliphatic heterocycles. The van der Waals surface area contributed by atoms with Gasteiger partial charge in [0.1, 0.15) is 0 Å². The maximum atomic E-state index is 12.5. The molecule has 2 aromatic carbocycles. The number of amides is 1. The van der Waals surface area contributed by atoms with E-state index in [4.69, 9.17) is 11.6 Å². The van der Waals surface area contributed by atoms with Crippen LogP contribution in [0.15, 0.2) is 53.4 Å². The summed E-state index contributed by atoms with van der Waals surface area (Å²) in [5, 5.41) is 6.58. The lowest BCUT2D eigenvalue weighted by molar-refractivity contribution is -0.117. The van der Waals surface area contributed by atoms with E-state index >= 15 is 0 Å². The van der Waals surface area contributed by atoms with Crippen LogP contribution in [0.5, 0.6) is 0 Å². The average Bonchev–Trinajstić information content (AvgIpc) is 2.62. The Morgan fingerprint density at radius 3 is 2.37 bits per heavy atom. The summed E-state index contributed by atoms with van der Waals surface area (Å²) >= 11 is 6.20. The van der Waals surface area contributed by atoms with Gasteiger partial charge in [-0.1, -0.05) is 35.9 Å². The number of carbonyl (C=O) groups excluding carboxylic acids is 1. The zero-order valence-corrected chi connectivity index (χ0v) is 17.3. The van der Waals surface area contributed by atoms with Crippen molar-refractivity contribution in [1.82, 2.24) is 9.62 Å². The molecule has 0 spiro atoms. The molecule has 27 heavy (non-hydrogen) atoms. The van der Waals surface area contributed by atoms with Gasteiger partial charge in [-0.3, -0.25) is 10.1 Å². The maximum Gasteiger partial charge on any atom is 0.242 e. The van der Waals surface area contributed by atoms with Crippen LogP contribution in [-0.4, -0.2) is 38.8 Å². The van der Waals surface area contributed by atoms with Crippen molar-refractivity contribution in [2.45, 2.75) is 30.8 Å². The van der Waals surface area contributed by atoms with Crippen LogP contribution < -0.4 is 10.6 Å². The number of hydrogen-bond acceptors (Lipinski definition) is 4. The normalized spacial score (nSPS) is 14.0. The van der Waals surface area contributed by atoms with Gasteiger partial charge in [0.15, 0.2) is 0 Å². The predicted molar refractivity (Wildman–Crippen MR) is 108 cm³/mol. The summed E-state index contributed by atoms with van der Waals surface area (Å²) in [6.45, 7) is 3.67. The summed E-state index contributed by atoms with van der Waals surface area (Å²) in [7, 11) is -0.641. The third-order valence-corrected chi connectivity index (χ3v) is 6.30. The van der Waals surface area contributed by atoms with Crippen molar-refractivity contribution in [2.75, 3.05) is 19.4 Å². The first-order valence-corrected chi connectivity index (χ1v) is 10.3. The third-order valence-electron chi connectivity index (χ3n) is 4.15. The fourth-order valence-electron chi connectivity index (χ4n) is 2.56. The van der Waals surface area contributed by atoms with Crippen molar-refractivity contribution in [3.8, 4) is 0 Å². The summed E-state index contributed by atoms with van der Waals surface area (Å²) in [5.74, 6) is -0.270. The minimum Gasteiger partial charge on any atom is -0.325 e. The Labute approximate surface area is 165 Å². The number of hydrogen-bond donors (Lipinski definition) is 2. The first kappa shape index (κ1) is 21.4. The quantitative estimate of drug-likeness (QED) is 0.735. The zero-order valence-electron chi connectivity index (χ0n) is 15.7. The largest absolute Gasteiger partial charge is 0.325 e. The summed E-state index contributed by atoms with van der Waals surface area (Å²) < 4.78 is 25.6. The molecule has 2 N–H and O–H groups in total. The molecular weight excluding hydrogens is 386 g/mol. The van der Waals surface area contributed by atoms with Gasteiger partial charge in [-0.2, -0.15) is 0 Å². The molecule has 0 radical (unpaired) electrons. The van der Waals surface area contributed by atoms with Crippen LogP contribution in [0.25, 0.3) is 0 Å². The molecule has 0 bridgehead atoms. The van der Waals surface area contributed by atoms with Gasteiger partial charge in [0.2, 0.25) is 15.9 Å². The molecule has 2 atom stereocenters. The van der Waals surface area contributed by atoms with Gasteiger partial charge in [-0.05, 0) is 43.7 Å². The second kappa shape index (κ2) is 8.84. The van der Waals surface area contributed by atoms with Crippen LogP contribution in [0.3, 0.4) is 0 Å². The Morgan fingerprint density at radius 1 is 1.07 bits per heavy atom. The number of nitrogens with zero attached hydrogens (tertiary/aromatic N) is 1. The Kier molecular flexibility index (Phi) is 7.00. The number of halogens is 1. The first-order chi connectivity index (χ1) is 12.6. The zero-order chi connectivity index (χ0) is 20.2. The molecule has 0 heterocycles. The highest BCUT2D eigenvalue weighted by Crippen LogP contribution is 2.23. The Morgan fingerprint density at radius 2 is 1.74 bits per heavy atom. The second-order valence-corrected chi connectivity index (χ2v) is 9.00. The van der Waals surface area contributed by atoms with Crippen molar-refractivity contribution in [2.24, 2.45) is 0 Å². The molecule has 8 heteroatoms. The van der Waals surface area contributed by atoms with Gasteiger partial charge >= 0.3 is 0 Å². The summed E-state index contributed by atoms with van der Waals surface area (Å²) in [6.07, 6.45) is 0. The molecule has 0 saturated heterocycles. The Bertz CT molecular complexity index is 916. The van der Waals surface area contributed by atoms with E-state index in [0.29, 0.717) is 10.7 Å². The minimum absolute atomic E-state index is 0.121. The van der Waals surface area contributed by atoms with E-state index in [1.165, 1.54) is 26.2 Å². The fraction of sp³-hybridized carbons (Fsp3) is 0.316. The number of carbonyl (C=O) groups is 1. The summed E-state index contributed by atoms with van der Waals surface area (Å²) in [4.78, 5) is 12.6. The topological polar surface area (TPSA) is 78.5 Å². The second-order valence-electron chi connectivity index (χ2n) is 6.44. The van der Waals surface area contributed by atoms with E-state index in [1.54, 1.807) is 25.1 Å². The molecule has 0 saturated carbocycles. The highest BCUT2D eigenvalue weighted by Gasteiger charge is 2.20. The van der Waals surface area contributed by atoms with Gasteiger partial charge in [0.05, 0.1) is 10.9 Å². The highest BCUT2D eigenvalue weighted by molar-refractivity contribution is 7.89. The Balaban J connectivity index is 2.08. The Hall–Kier alpha value is -1.93. The van der Waals surface area contributed by atoms with Crippen molar-refractivity contribution >= 4 is 33.2 Å². The molecule has 2 aromatic rings. The number of benzene rings is 2. The summed E-state index contributed by atoms with van der Waals surface area (Å²) in [5.41, 5.74) is 1.32. The highest BCUT2D eigenvalue weighted by atomic mass is 35.5. The minimum atomic E-state index is -3.56. The van der Waals surface area contributed by atoms with Gasteiger partial charge in [0, 0.05) is 30.8 Å². The lowest BCUT2D eigenvalue weighted by atomic mass is 10.1. The van der Waals surface area contributed by atoms with Crippen LogP contribution in [0, 0.1) is 0 Å². The van der Waals surface area contributed by atoms with Crippen molar-refractivity contribution < 1.29 is 13.2 Å². The van der Waals surface area contributed by atoms with Crippen LogP contribution in [-0.2, 0) is 14.8 Å². The fourth-order valence-corrected chi connectivity index (χ4v) is 3.81. The first-order valence-electron chi connectivity index (χ1n) is 8.47. The SMILES string of the molecule is C[C@H](N[C@H](C)c1ccccc1Cl)C(=O)Nc1cccc(S(=O)(=O)N(C)C)c1. The van der Waals surface area contributed by atoms with Crippen LogP contribution >= 0.6 is 11.6 Å². The lowest BCUT2D eigenvalue weighted by Crippen LogP contribution is -2.39. The smallest absolute Gasteiger partial charge is 0.242 e. The molecule has 0 fully saturated rings. The number of anilines is 1. The standard InChI is InChI=1S/C19H24ClN3O3S/c1-13(17-10-5-6-11-18(17)20)21-14(2)19(24)22-15-8-7-9-16(12-15)27(25,26)23(3)4/h5-14,21H,1-4H3,(H,22,24)/t13-,14+/m1/s1. The number of sulfonamides is 1. The molecule has 0 unspecified atom stereocenters. The van der Waals surface area contributed by atoms with Gasteiger partial charge in [-0.25, -0.2) is 12.7 Å². The molecule has 0 aliphatic rings. The van der Waals surface area contributed by atoms with Crippen LogP contribution in [0.1, 0.15) is 25.5 Å². The van der Waals surface area contributed by atoms with Crippen molar-refractivity contribution in [3.05, 3.63) is 59.1 Å². The number of nitrogens with one attached hydrogen (secondary N) is 2. The average molecular weight is 410 g/mol. The van der Waals surface area contributed by atoms with E-state index in [-0.39, 0.29) is 16.8 Å². The van der Waals surface area contributed by atoms with Gasteiger partial charge < -0.3 is 5.32 Å². The molecule has 6 nitrogen and oxygen atoms in total. The molecule has 0 aromatic heterocycles. The lowest BCUT2D eigenvalue weighted by Gasteiger charge is -2.21. The van der Waals surface area contributed by atoms with Crippen LogP contribution in [0.4, 0.5) is 5.69 Å².